The molecule has 3 aromatic rings. The highest BCUT2D eigenvalue weighted by molar-refractivity contribution is 5.86. The highest BCUT2D eigenvalue weighted by Crippen LogP contribution is 2.37. The zero-order chi connectivity index (χ0) is 23.2. The van der Waals surface area contributed by atoms with E-state index in [0.29, 0.717) is 6.54 Å². The molecular formula is C30H38ClN3O. The number of piperidine rings is 1. The summed E-state index contributed by atoms with van der Waals surface area (Å²) in [5.41, 5.74) is 2.88. The molecule has 0 bridgehead atoms. The van der Waals surface area contributed by atoms with E-state index < -0.39 is 0 Å². The molecule has 2 saturated heterocycles. The fraction of sp³-hybridized carbons (Fsp3) is 0.433. The smallest absolute Gasteiger partial charge is 0.234 e. The Morgan fingerprint density at radius 2 is 1.49 bits per heavy atom. The van der Waals surface area contributed by atoms with Crippen molar-refractivity contribution < 1.29 is 4.79 Å². The van der Waals surface area contributed by atoms with Gasteiger partial charge in [0, 0.05) is 13.1 Å². The van der Waals surface area contributed by atoms with Crippen molar-refractivity contribution in [2.75, 3.05) is 39.3 Å². The van der Waals surface area contributed by atoms with Crippen LogP contribution in [0.15, 0.2) is 72.8 Å². The van der Waals surface area contributed by atoms with Gasteiger partial charge in [-0.25, -0.2) is 0 Å². The Labute approximate surface area is 216 Å². The van der Waals surface area contributed by atoms with Crippen molar-refractivity contribution in [1.82, 2.24) is 15.1 Å². The van der Waals surface area contributed by atoms with Gasteiger partial charge in [0.15, 0.2) is 0 Å². The average molecular weight is 492 g/mol. The van der Waals surface area contributed by atoms with Crippen LogP contribution in [0.1, 0.15) is 36.8 Å². The number of halogens is 1. The molecule has 35 heavy (non-hydrogen) atoms. The first-order chi connectivity index (χ1) is 16.7. The molecule has 2 aliphatic heterocycles. The van der Waals surface area contributed by atoms with Gasteiger partial charge in [-0.05, 0) is 85.6 Å². The number of fused-ring (bicyclic) bond motifs is 1. The van der Waals surface area contributed by atoms with E-state index in [9.17, 15) is 4.79 Å². The number of amides is 1. The Morgan fingerprint density at radius 3 is 2.26 bits per heavy atom. The third kappa shape index (κ3) is 6.63. The van der Waals surface area contributed by atoms with Gasteiger partial charge in [-0.2, -0.15) is 0 Å². The third-order valence-corrected chi connectivity index (χ3v) is 7.84. The van der Waals surface area contributed by atoms with E-state index in [1.54, 1.807) is 0 Å². The monoisotopic (exact) mass is 491 g/mol. The number of benzene rings is 3. The molecule has 5 heteroatoms. The number of rotatable bonds is 8. The molecule has 1 N–H and O–H groups in total. The molecule has 0 radical (unpaired) electrons. The number of likely N-dealkylation sites (tertiary alicyclic amines) is 2. The minimum atomic E-state index is 0. The van der Waals surface area contributed by atoms with Gasteiger partial charge in [0.1, 0.15) is 0 Å². The molecule has 1 amide bonds. The molecule has 5 rings (SSSR count). The van der Waals surface area contributed by atoms with E-state index in [-0.39, 0.29) is 23.7 Å². The lowest BCUT2D eigenvalue weighted by atomic mass is 9.73. The van der Waals surface area contributed by atoms with Gasteiger partial charge in [-0.1, -0.05) is 72.8 Å². The first-order valence-electron chi connectivity index (χ1n) is 12.9. The van der Waals surface area contributed by atoms with E-state index in [4.69, 9.17) is 0 Å². The summed E-state index contributed by atoms with van der Waals surface area (Å²) in [5.74, 6) is 0.186. The Balaban J connectivity index is 0.00000289. The zero-order valence-corrected chi connectivity index (χ0v) is 21.4. The van der Waals surface area contributed by atoms with Crippen LogP contribution in [-0.2, 0) is 17.8 Å². The van der Waals surface area contributed by atoms with Crippen molar-refractivity contribution in [3.8, 4) is 0 Å². The van der Waals surface area contributed by atoms with Crippen LogP contribution in [0.2, 0.25) is 0 Å². The molecule has 4 nitrogen and oxygen atoms in total. The Hall–Kier alpha value is -2.40. The number of carbonyl (C=O) groups excluding carboxylic acids is 1. The van der Waals surface area contributed by atoms with Gasteiger partial charge >= 0.3 is 0 Å². The van der Waals surface area contributed by atoms with Crippen molar-refractivity contribution in [3.05, 3.63) is 83.9 Å². The Kier molecular flexibility index (Phi) is 8.83. The van der Waals surface area contributed by atoms with E-state index in [1.807, 2.05) is 0 Å². The normalized spacial score (nSPS) is 18.3. The minimum Gasteiger partial charge on any atom is -0.354 e. The van der Waals surface area contributed by atoms with Crippen LogP contribution < -0.4 is 5.32 Å². The van der Waals surface area contributed by atoms with Gasteiger partial charge in [0.2, 0.25) is 5.91 Å². The molecular weight excluding hydrogens is 454 g/mol. The first kappa shape index (κ1) is 25.7. The van der Waals surface area contributed by atoms with Crippen molar-refractivity contribution in [1.29, 1.82) is 0 Å². The van der Waals surface area contributed by atoms with E-state index in [1.165, 1.54) is 34.7 Å². The highest BCUT2D eigenvalue weighted by Gasteiger charge is 2.35. The number of nitrogens with zero attached hydrogens (tertiary/aromatic N) is 2. The molecule has 0 saturated carbocycles. The van der Waals surface area contributed by atoms with Crippen molar-refractivity contribution in [2.45, 2.75) is 38.6 Å². The summed E-state index contributed by atoms with van der Waals surface area (Å²) in [6, 6.07) is 26.1. The van der Waals surface area contributed by atoms with Gasteiger partial charge in [-0.3, -0.25) is 14.6 Å². The van der Waals surface area contributed by atoms with Crippen LogP contribution in [0.25, 0.3) is 10.8 Å². The molecule has 0 aromatic heterocycles. The number of hydrogen-bond donors (Lipinski definition) is 1. The van der Waals surface area contributed by atoms with E-state index in [2.05, 4.69) is 87.9 Å². The Morgan fingerprint density at radius 1 is 0.800 bits per heavy atom. The van der Waals surface area contributed by atoms with Crippen LogP contribution in [0.5, 0.6) is 0 Å². The fourth-order valence-corrected chi connectivity index (χ4v) is 5.78. The second-order valence-electron chi connectivity index (χ2n) is 10.3. The summed E-state index contributed by atoms with van der Waals surface area (Å²) in [6.45, 7) is 6.58. The van der Waals surface area contributed by atoms with Crippen LogP contribution in [0.3, 0.4) is 0 Å². The third-order valence-electron chi connectivity index (χ3n) is 7.84. The Bertz CT molecular complexity index is 1080. The van der Waals surface area contributed by atoms with Crippen molar-refractivity contribution in [2.24, 2.45) is 5.41 Å². The first-order valence-corrected chi connectivity index (χ1v) is 12.9. The molecule has 2 aliphatic rings. The van der Waals surface area contributed by atoms with Crippen LogP contribution >= 0.6 is 12.4 Å². The van der Waals surface area contributed by atoms with Crippen LogP contribution in [0.4, 0.5) is 0 Å². The second kappa shape index (κ2) is 12.0. The molecule has 3 aromatic carbocycles. The topological polar surface area (TPSA) is 35.6 Å². The summed E-state index contributed by atoms with van der Waals surface area (Å²) in [5, 5.41) is 6.00. The maximum Gasteiger partial charge on any atom is 0.234 e. The predicted molar refractivity (Wildman–Crippen MR) is 147 cm³/mol. The number of carbonyl (C=O) groups is 1. The van der Waals surface area contributed by atoms with E-state index in [0.717, 1.165) is 58.5 Å². The molecule has 0 spiro atoms. The molecule has 2 heterocycles. The van der Waals surface area contributed by atoms with Gasteiger partial charge in [-0.15, -0.1) is 12.4 Å². The molecule has 0 aliphatic carbocycles. The quantitative estimate of drug-likeness (QED) is 0.464. The molecule has 0 atom stereocenters. The van der Waals surface area contributed by atoms with Gasteiger partial charge in [0.05, 0.1) is 6.54 Å². The number of hydrogen-bond acceptors (Lipinski definition) is 3. The summed E-state index contributed by atoms with van der Waals surface area (Å²) in [7, 11) is 0. The summed E-state index contributed by atoms with van der Waals surface area (Å²) in [4.78, 5) is 17.7. The van der Waals surface area contributed by atoms with Crippen LogP contribution in [-0.4, -0.2) is 55.0 Å². The highest BCUT2D eigenvalue weighted by atomic mass is 35.5. The maximum absolute atomic E-state index is 12.8. The zero-order valence-electron chi connectivity index (χ0n) is 20.6. The predicted octanol–water partition coefficient (Wildman–Crippen LogP) is 5.30. The van der Waals surface area contributed by atoms with Gasteiger partial charge < -0.3 is 5.32 Å². The van der Waals surface area contributed by atoms with Gasteiger partial charge in [0.25, 0.3) is 0 Å². The van der Waals surface area contributed by atoms with Crippen LogP contribution in [0, 0.1) is 5.41 Å². The lowest BCUT2D eigenvalue weighted by molar-refractivity contribution is -0.122. The molecule has 2 fully saturated rings. The molecule has 186 valence electrons. The lowest BCUT2D eigenvalue weighted by Crippen LogP contribution is -2.48. The summed E-state index contributed by atoms with van der Waals surface area (Å²) < 4.78 is 0. The summed E-state index contributed by atoms with van der Waals surface area (Å²) >= 11 is 0. The molecule has 0 unspecified atom stereocenters. The average Bonchev–Trinajstić information content (AvgIpc) is 3.38. The summed E-state index contributed by atoms with van der Waals surface area (Å²) in [6.07, 6.45) is 5.66. The van der Waals surface area contributed by atoms with Crippen molar-refractivity contribution >= 4 is 29.1 Å². The lowest BCUT2D eigenvalue weighted by Gasteiger charge is -2.42. The fourth-order valence-electron chi connectivity index (χ4n) is 5.78. The SMILES string of the molecule is Cl.O=C(CN1CCCC1)NCC1(Cc2cccc3ccccc23)CCN(Cc2ccccc2)CC1. The largest absolute Gasteiger partial charge is 0.354 e. The van der Waals surface area contributed by atoms with Crippen molar-refractivity contribution in [3.63, 3.8) is 0 Å². The number of nitrogens with one attached hydrogen (secondary N) is 1. The minimum absolute atomic E-state index is 0. The second-order valence-corrected chi connectivity index (χ2v) is 10.3. The standard InChI is InChI=1S/C30H37N3O.ClH/c34-29(23-32-17-6-7-18-32)31-24-30(21-27-13-8-12-26-11-4-5-14-28(26)27)15-19-33(20-16-30)22-25-9-2-1-3-10-25;/h1-5,8-14H,6-7,15-24H2,(H,31,34);1H. The van der Waals surface area contributed by atoms with E-state index >= 15 is 0 Å². The maximum atomic E-state index is 12.8.